The van der Waals surface area contributed by atoms with E-state index < -0.39 is 17.6 Å². The van der Waals surface area contributed by atoms with E-state index in [1.807, 2.05) is 0 Å². The number of hydrogen-bond donors (Lipinski definition) is 0. The zero-order valence-electron chi connectivity index (χ0n) is 7.21. The van der Waals surface area contributed by atoms with Crippen LogP contribution in [0.4, 0.5) is 17.6 Å². The molecule has 0 unspecified atom stereocenters. The van der Waals surface area contributed by atoms with E-state index >= 15 is 0 Å². The first-order chi connectivity index (χ1) is 5.96. The lowest BCUT2D eigenvalue weighted by molar-refractivity contribution is -0.0951. The van der Waals surface area contributed by atoms with Crippen LogP contribution in [0.3, 0.4) is 0 Å². The topological polar surface area (TPSA) is 0 Å². The third-order valence-corrected chi connectivity index (χ3v) is 2.07. The lowest BCUT2D eigenvalue weighted by atomic mass is 9.94. The first-order valence-corrected chi connectivity index (χ1v) is 4.12. The van der Waals surface area contributed by atoms with Gasteiger partial charge in [0.15, 0.2) is 0 Å². The van der Waals surface area contributed by atoms with Gasteiger partial charge in [-0.15, -0.1) is 0 Å². The van der Waals surface area contributed by atoms with Crippen molar-refractivity contribution < 1.29 is 17.6 Å². The summed E-state index contributed by atoms with van der Waals surface area (Å²) in [4.78, 5) is 0. The van der Waals surface area contributed by atoms with E-state index in [0.717, 1.165) is 0 Å². The average molecular weight is 194 g/mol. The van der Waals surface area contributed by atoms with Crippen molar-refractivity contribution in [3.63, 3.8) is 0 Å². The Kier molecular flexibility index (Phi) is 2.78. The molecule has 0 radical (unpaired) electrons. The van der Waals surface area contributed by atoms with Gasteiger partial charge in [-0.25, -0.2) is 4.39 Å². The fraction of sp³-hybridized carbons (Fsp3) is 0.556. The summed E-state index contributed by atoms with van der Waals surface area (Å²) in [7, 11) is 0. The summed E-state index contributed by atoms with van der Waals surface area (Å²) in [5, 5.41) is 0. The van der Waals surface area contributed by atoms with Gasteiger partial charge in [-0.1, -0.05) is 6.92 Å². The highest BCUT2D eigenvalue weighted by molar-refractivity contribution is 5.36. The SMILES string of the molecule is CCC1=C(C(F)(F)F)CCC=C1F. The number of hydrogen-bond acceptors (Lipinski definition) is 0. The standard InChI is InChI=1S/C9H10F4/c1-2-6-7(9(11,12)13)4-3-5-8(6)10/h5H,2-4H2,1H3. The van der Waals surface area contributed by atoms with E-state index in [-0.39, 0.29) is 24.8 Å². The summed E-state index contributed by atoms with van der Waals surface area (Å²) in [5.41, 5.74) is -0.881. The molecule has 0 aliphatic heterocycles. The number of halogens is 4. The van der Waals surface area contributed by atoms with Gasteiger partial charge in [0, 0.05) is 5.57 Å². The van der Waals surface area contributed by atoms with Crippen LogP contribution < -0.4 is 0 Å². The summed E-state index contributed by atoms with van der Waals surface area (Å²) >= 11 is 0. The number of allylic oxidation sites excluding steroid dienone is 4. The predicted octanol–water partition coefficient (Wildman–Crippen LogP) is 3.90. The highest BCUT2D eigenvalue weighted by Crippen LogP contribution is 2.38. The largest absolute Gasteiger partial charge is 0.413 e. The molecule has 0 heterocycles. The molecule has 0 aromatic carbocycles. The van der Waals surface area contributed by atoms with Gasteiger partial charge in [-0.3, -0.25) is 0 Å². The Morgan fingerprint density at radius 2 is 2.00 bits per heavy atom. The predicted molar refractivity (Wildman–Crippen MR) is 41.8 cm³/mol. The summed E-state index contributed by atoms with van der Waals surface area (Å²) in [5.74, 6) is -0.707. The third-order valence-electron chi connectivity index (χ3n) is 2.07. The third kappa shape index (κ3) is 2.11. The molecule has 1 rings (SSSR count). The minimum Gasteiger partial charge on any atom is -0.207 e. The van der Waals surface area contributed by atoms with Crippen molar-refractivity contribution >= 4 is 0 Å². The number of alkyl halides is 3. The van der Waals surface area contributed by atoms with Crippen LogP contribution in [0.15, 0.2) is 23.0 Å². The monoisotopic (exact) mass is 194 g/mol. The Balaban J connectivity index is 3.09. The van der Waals surface area contributed by atoms with Gasteiger partial charge in [0.25, 0.3) is 0 Å². The molecule has 1 aliphatic carbocycles. The summed E-state index contributed by atoms with van der Waals surface area (Å²) in [6.07, 6.45) is -3.02. The molecule has 74 valence electrons. The molecular formula is C9H10F4. The minimum atomic E-state index is -4.38. The molecule has 0 bridgehead atoms. The van der Waals surface area contributed by atoms with Crippen LogP contribution in [0, 0.1) is 0 Å². The van der Waals surface area contributed by atoms with Gasteiger partial charge in [0.05, 0.1) is 0 Å². The average Bonchev–Trinajstić information content (AvgIpc) is 2.02. The Morgan fingerprint density at radius 3 is 2.38 bits per heavy atom. The van der Waals surface area contributed by atoms with Crippen LogP contribution in [0.2, 0.25) is 0 Å². The highest BCUT2D eigenvalue weighted by Gasteiger charge is 2.37. The van der Waals surface area contributed by atoms with Gasteiger partial charge < -0.3 is 0 Å². The van der Waals surface area contributed by atoms with Crippen LogP contribution in [0.1, 0.15) is 26.2 Å². The Hall–Kier alpha value is -0.800. The van der Waals surface area contributed by atoms with Gasteiger partial charge in [0.2, 0.25) is 0 Å². The molecule has 0 fully saturated rings. The molecule has 0 saturated heterocycles. The maximum absolute atomic E-state index is 12.9. The van der Waals surface area contributed by atoms with Gasteiger partial charge >= 0.3 is 6.18 Å². The summed E-state index contributed by atoms with van der Waals surface area (Å²) in [6.45, 7) is 1.53. The smallest absolute Gasteiger partial charge is 0.207 e. The van der Waals surface area contributed by atoms with Crippen LogP contribution in [-0.2, 0) is 0 Å². The molecule has 0 spiro atoms. The van der Waals surface area contributed by atoms with Crippen molar-refractivity contribution in [2.75, 3.05) is 0 Å². The van der Waals surface area contributed by atoms with Crippen LogP contribution >= 0.6 is 0 Å². The molecule has 0 atom stereocenters. The van der Waals surface area contributed by atoms with Crippen molar-refractivity contribution in [1.29, 1.82) is 0 Å². The molecular weight excluding hydrogens is 184 g/mol. The van der Waals surface area contributed by atoms with Crippen molar-refractivity contribution in [1.82, 2.24) is 0 Å². The maximum atomic E-state index is 12.9. The number of rotatable bonds is 1. The molecule has 4 heteroatoms. The molecule has 13 heavy (non-hydrogen) atoms. The Labute approximate surface area is 73.9 Å². The van der Waals surface area contributed by atoms with E-state index in [0.29, 0.717) is 0 Å². The van der Waals surface area contributed by atoms with Gasteiger partial charge in [0.1, 0.15) is 5.83 Å². The van der Waals surface area contributed by atoms with E-state index in [1.165, 1.54) is 13.0 Å². The highest BCUT2D eigenvalue weighted by atomic mass is 19.4. The van der Waals surface area contributed by atoms with Crippen molar-refractivity contribution in [3.05, 3.63) is 23.0 Å². The van der Waals surface area contributed by atoms with E-state index in [9.17, 15) is 17.6 Å². The molecule has 0 N–H and O–H groups in total. The first-order valence-electron chi connectivity index (χ1n) is 4.12. The fourth-order valence-electron chi connectivity index (χ4n) is 1.46. The van der Waals surface area contributed by atoms with E-state index in [4.69, 9.17) is 0 Å². The normalized spacial score (nSPS) is 19.0. The lowest BCUT2D eigenvalue weighted by Gasteiger charge is -2.19. The second-order valence-electron chi connectivity index (χ2n) is 2.90. The van der Waals surface area contributed by atoms with Crippen molar-refractivity contribution in [3.8, 4) is 0 Å². The van der Waals surface area contributed by atoms with Gasteiger partial charge in [-0.2, -0.15) is 13.2 Å². The van der Waals surface area contributed by atoms with E-state index in [2.05, 4.69) is 0 Å². The maximum Gasteiger partial charge on any atom is 0.413 e. The second kappa shape index (κ2) is 3.52. The van der Waals surface area contributed by atoms with Crippen LogP contribution in [0.25, 0.3) is 0 Å². The fourth-order valence-corrected chi connectivity index (χ4v) is 1.46. The molecule has 0 aromatic heterocycles. The molecule has 0 nitrogen and oxygen atoms in total. The van der Waals surface area contributed by atoms with Gasteiger partial charge in [-0.05, 0) is 30.9 Å². The summed E-state index contributed by atoms with van der Waals surface area (Å²) in [6, 6.07) is 0. The molecule has 0 amide bonds. The molecule has 0 aromatic rings. The Bertz CT molecular complexity index is 257. The van der Waals surface area contributed by atoms with Crippen LogP contribution in [-0.4, -0.2) is 6.18 Å². The Morgan fingerprint density at radius 1 is 1.38 bits per heavy atom. The molecule has 1 aliphatic rings. The first kappa shape index (κ1) is 10.3. The van der Waals surface area contributed by atoms with Crippen molar-refractivity contribution in [2.45, 2.75) is 32.4 Å². The zero-order valence-corrected chi connectivity index (χ0v) is 7.21. The molecule has 0 saturated carbocycles. The zero-order chi connectivity index (χ0) is 10.1. The lowest BCUT2D eigenvalue weighted by Crippen LogP contribution is -2.16. The van der Waals surface area contributed by atoms with Crippen LogP contribution in [0.5, 0.6) is 0 Å². The van der Waals surface area contributed by atoms with E-state index in [1.54, 1.807) is 0 Å². The second-order valence-corrected chi connectivity index (χ2v) is 2.90. The van der Waals surface area contributed by atoms with Crippen molar-refractivity contribution in [2.24, 2.45) is 0 Å². The minimum absolute atomic E-state index is 0.0944. The summed E-state index contributed by atoms with van der Waals surface area (Å²) < 4.78 is 49.8. The quantitative estimate of drug-likeness (QED) is 0.555.